The minimum Gasteiger partial charge on any atom is -0.496 e. The lowest BCUT2D eigenvalue weighted by Crippen LogP contribution is -2.32. The van der Waals surface area contributed by atoms with Crippen LogP contribution in [0.15, 0.2) is 44.0 Å². The van der Waals surface area contributed by atoms with Crippen LogP contribution in [0.3, 0.4) is 0 Å². The molecule has 8 heteroatoms. The van der Waals surface area contributed by atoms with Crippen molar-refractivity contribution >= 4 is 32.6 Å². The third-order valence-corrected chi connectivity index (χ3v) is 6.70. The average Bonchev–Trinajstić information content (AvgIpc) is 3.12. The maximum absolute atomic E-state index is 13.2. The average molecular weight is 489 g/mol. The van der Waals surface area contributed by atoms with Crippen molar-refractivity contribution in [1.82, 2.24) is 4.90 Å². The number of methoxy groups -OCH3 is 2. The maximum Gasteiger partial charge on any atom is 0.197 e. The summed E-state index contributed by atoms with van der Waals surface area (Å²) >= 11 is 3.51. The van der Waals surface area contributed by atoms with Crippen LogP contribution in [0.4, 0.5) is 5.69 Å². The van der Waals surface area contributed by atoms with Crippen molar-refractivity contribution < 1.29 is 19.0 Å². The van der Waals surface area contributed by atoms with Crippen LogP contribution >= 0.6 is 15.9 Å². The van der Waals surface area contributed by atoms with Crippen molar-refractivity contribution in [3.8, 4) is 22.8 Å². The number of likely N-dealkylation sites (N-methyl/N-ethyl adjacent to an activating group) is 1. The van der Waals surface area contributed by atoms with Gasteiger partial charge < -0.3 is 29.6 Å². The number of benzene rings is 2. The normalized spacial score (nSPS) is 19.1. The Labute approximate surface area is 188 Å². The number of aliphatic hydroxyl groups excluding tert-OH is 1. The van der Waals surface area contributed by atoms with E-state index >= 15 is 0 Å². The number of nitrogen functional groups attached to an aromatic ring is 1. The van der Waals surface area contributed by atoms with Crippen molar-refractivity contribution in [2.75, 3.05) is 40.2 Å². The minimum absolute atomic E-state index is 0.00865. The number of nitrogens with zero attached hydrogens (tertiary/aromatic N) is 1. The molecular formula is C23H25BrN2O5. The highest BCUT2D eigenvalue weighted by Crippen LogP contribution is 2.45. The standard InChI is InChI=1S/C23H25BrN2O5/c1-26-7-6-14(16(26)11-27)21-19(29-2)10-20(30-3)22-17(28)9-18(31-23(21)22)13-5-4-12(25)8-15(13)24/h4-5,8-10,14,16,27H,6-7,11,25H2,1-3H3/t14-,16+/m1/s1. The fraction of sp³-hybridized carbons (Fsp3) is 0.348. The summed E-state index contributed by atoms with van der Waals surface area (Å²) in [5.74, 6) is 1.30. The zero-order valence-corrected chi connectivity index (χ0v) is 19.2. The lowest BCUT2D eigenvalue weighted by molar-refractivity contribution is 0.171. The number of rotatable bonds is 5. The van der Waals surface area contributed by atoms with E-state index < -0.39 is 0 Å². The molecule has 1 saturated heterocycles. The molecule has 3 N–H and O–H groups in total. The number of nitrogens with two attached hydrogens (primary N) is 1. The van der Waals surface area contributed by atoms with Crippen molar-refractivity contribution in [1.29, 1.82) is 0 Å². The molecule has 3 aromatic rings. The lowest BCUT2D eigenvalue weighted by Gasteiger charge is -2.25. The summed E-state index contributed by atoms with van der Waals surface area (Å²) in [6.07, 6.45) is 0.805. The van der Waals surface area contributed by atoms with E-state index in [1.54, 1.807) is 31.4 Å². The molecule has 31 heavy (non-hydrogen) atoms. The molecule has 1 fully saturated rings. The number of hydrogen-bond donors (Lipinski definition) is 2. The molecule has 164 valence electrons. The molecule has 1 aromatic heterocycles. The third-order valence-electron chi connectivity index (χ3n) is 6.05. The molecular weight excluding hydrogens is 464 g/mol. The van der Waals surface area contributed by atoms with E-state index in [2.05, 4.69) is 20.8 Å². The molecule has 4 rings (SSSR count). The second kappa shape index (κ2) is 8.53. The molecule has 0 radical (unpaired) electrons. The Morgan fingerprint density at radius 2 is 1.97 bits per heavy atom. The van der Waals surface area contributed by atoms with Gasteiger partial charge in [0.25, 0.3) is 0 Å². The second-order valence-corrected chi connectivity index (χ2v) is 8.59. The predicted octanol–water partition coefficient (Wildman–Crippen LogP) is 3.60. The fourth-order valence-corrected chi connectivity index (χ4v) is 5.05. The first-order chi connectivity index (χ1) is 14.9. The number of hydrogen-bond acceptors (Lipinski definition) is 7. The van der Waals surface area contributed by atoms with E-state index in [0.717, 1.165) is 23.0 Å². The van der Waals surface area contributed by atoms with Gasteiger partial charge >= 0.3 is 0 Å². The molecule has 0 bridgehead atoms. The zero-order valence-electron chi connectivity index (χ0n) is 17.6. The first-order valence-corrected chi connectivity index (χ1v) is 10.8. The van der Waals surface area contributed by atoms with E-state index in [1.807, 2.05) is 7.05 Å². The highest BCUT2D eigenvalue weighted by atomic mass is 79.9. The Morgan fingerprint density at radius 1 is 1.23 bits per heavy atom. The number of anilines is 1. The number of fused-ring (bicyclic) bond motifs is 1. The molecule has 2 heterocycles. The van der Waals surface area contributed by atoms with Gasteiger partial charge in [0.1, 0.15) is 28.2 Å². The van der Waals surface area contributed by atoms with Crippen LogP contribution in [-0.2, 0) is 0 Å². The van der Waals surface area contributed by atoms with Crippen molar-refractivity contribution in [2.45, 2.75) is 18.4 Å². The summed E-state index contributed by atoms with van der Waals surface area (Å²) in [6, 6.07) is 8.40. The van der Waals surface area contributed by atoms with E-state index in [9.17, 15) is 9.90 Å². The number of halogens is 1. The monoisotopic (exact) mass is 488 g/mol. The fourth-order valence-electron chi connectivity index (χ4n) is 4.45. The van der Waals surface area contributed by atoms with Crippen LogP contribution in [0.25, 0.3) is 22.3 Å². The summed E-state index contributed by atoms with van der Waals surface area (Å²) in [5.41, 5.74) is 8.15. The summed E-state index contributed by atoms with van der Waals surface area (Å²) in [7, 11) is 5.07. The van der Waals surface area contributed by atoms with E-state index in [1.165, 1.54) is 13.2 Å². The topological polar surface area (TPSA) is 98.2 Å². The Hall–Kier alpha value is -2.55. The second-order valence-electron chi connectivity index (χ2n) is 7.74. The van der Waals surface area contributed by atoms with E-state index in [4.69, 9.17) is 19.6 Å². The molecule has 7 nitrogen and oxygen atoms in total. The highest BCUT2D eigenvalue weighted by Gasteiger charge is 2.37. The van der Waals surface area contributed by atoms with E-state index in [-0.39, 0.29) is 24.0 Å². The molecule has 0 saturated carbocycles. The van der Waals surface area contributed by atoms with Crippen LogP contribution in [0.1, 0.15) is 17.9 Å². The lowest BCUT2D eigenvalue weighted by atomic mass is 9.89. The van der Waals surface area contributed by atoms with Gasteiger partial charge in [-0.15, -0.1) is 0 Å². The predicted molar refractivity (Wildman–Crippen MR) is 124 cm³/mol. The summed E-state index contributed by atoms with van der Waals surface area (Å²) in [5, 5.41) is 10.4. The summed E-state index contributed by atoms with van der Waals surface area (Å²) in [6.45, 7) is 0.811. The molecule has 0 unspecified atom stereocenters. The van der Waals surface area contributed by atoms with Gasteiger partial charge in [-0.05, 0) is 54.1 Å². The Kier molecular flexibility index (Phi) is 5.96. The quantitative estimate of drug-likeness (QED) is 0.529. The van der Waals surface area contributed by atoms with Crippen LogP contribution in [-0.4, -0.2) is 50.5 Å². The van der Waals surface area contributed by atoms with Gasteiger partial charge in [-0.3, -0.25) is 4.79 Å². The first kappa shape index (κ1) is 21.7. The highest BCUT2D eigenvalue weighted by molar-refractivity contribution is 9.10. The van der Waals surface area contributed by atoms with Crippen molar-refractivity contribution in [3.05, 3.63) is 50.6 Å². The Balaban J connectivity index is 2.06. The molecule has 0 aliphatic carbocycles. The smallest absolute Gasteiger partial charge is 0.197 e. The molecule has 0 amide bonds. The molecule has 0 spiro atoms. The number of ether oxygens (including phenoxy) is 2. The molecule has 1 aliphatic rings. The minimum atomic E-state index is -0.215. The largest absolute Gasteiger partial charge is 0.496 e. The van der Waals surface area contributed by atoms with Gasteiger partial charge in [0.15, 0.2) is 5.43 Å². The molecule has 2 aromatic carbocycles. The number of likely N-dealkylation sites (tertiary alicyclic amines) is 1. The van der Waals surface area contributed by atoms with Gasteiger partial charge in [0.05, 0.1) is 20.8 Å². The first-order valence-electron chi connectivity index (χ1n) is 9.98. The summed E-state index contributed by atoms with van der Waals surface area (Å²) in [4.78, 5) is 15.3. The maximum atomic E-state index is 13.2. The van der Waals surface area contributed by atoms with Crippen molar-refractivity contribution in [3.63, 3.8) is 0 Å². The van der Waals surface area contributed by atoms with Crippen LogP contribution < -0.4 is 20.6 Å². The van der Waals surface area contributed by atoms with E-state index in [0.29, 0.717) is 39.5 Å². The SMILES string of the molecule is COc1cc(OC)c2c(=O)cc(-c3ccc(N)cc3Br)oc2c1[C@@H]1CCN(C)[C@H]1CO. The molecule has 1 aliphatic heterocycles. The van der Waals surface area contributed by atoms with Gasteiger partial charge in [-0.2, -0.15) is 0 Å². The summed E-state index contributed by atoms with van der Waals surface area (Å²) < 4.78 is 18.3. The van der Waals surface area contributed by atoms with Gasteiger partial charge in [0.2, 0.25) is 0 Å². The van der Waals surface area contributed by atoms with Crippen LogP contribution in [0.5, 0.6) is 11.5 Å². The van der Waals surface area contributed by atoms with Gasteiger partial charge in [-0.1, -0.05) is 0 Å². The van der Waals surface area contributed by atoms with Crippen LogP contribution in [0.2, 0.25) is 0 Å². The molecule has 2 atom stereocenters. The van der Waals surface area contributed by atoms with Gasteiger partial charge in [-0.25, -0.2) is 0 Å². The number of aliphatic hydroxyl groups is 1. The Bertz CT molecular complexity index is 1190. The van der Waals surface area contributed by atoms with Crippen LogP contribution in [0, 0.1) is 0 Å². The zero-order chi connectivity index (χ0) is 22.3. The third kappa shape index (κ3) is 3.69. The van der Waals surface area contributed by atoms with Gasteiger partial charge in [0, 0.05) is 45.4 Å². The Morgan fingerprint density at radius 3 is 2.61 bits per heavy atom. The van der Waals surface area contributed by atoms with Crippen molar-refractivity contribution in [2.24, 2.45) is 0 Å².